The van der Waals surface area contributed by atoms with Crippen LogP contribution in [0.3, 0.4) is 0 Å². The molecule has 270 valence electrons. The summed E-state index contributed by atoms with van der Waals surface area (Å²) in [6.45, 7) is 2.34. The van der Waals surface area contributed by atoms with E-state index in [-0.39, 0.29) is 14.7 Å². The Morgan fingerprint density at radius 2 is 1.55 bits per heavy atom. The van der Waals surface area contributed by atoms with Gasteiger partial charge in [0.05, 0.1) is 42.4 Å². The summed E-state index contributed by atoms with van der Waals surface area (Å²) in [5.74, 6) is -2.29. The number of nitrogens with one attached hydrogen (secondary N) is 1. The summed E-state index contributed by atoms with van der Waals surface area (Å²) in [7, 11) is -3.49. The number of thiophene rings is 1. The van der Waals surface area contributed by atoms with Crippen LogP contribution >= 0.6 is 11.3 Å². The molecule has 0 unspecified atom stereocenters. The van der Waals surface area contributed by atoms with E-state index in [0.29, 0.717) is 33.4 Å². The fourth-order valence-electron chi connectivity index (χ4n) is 6.08. The normalized spacial score (nSPS) is 14.2. The molecule has 3 aromatic carbocycles. The first-order valence-corrected chi connectivity index (χ1v) is 18.0. The zero-order chi connectivity index (χ0) is 37.1. The van der Waals surface area contributed by atoms with Crippen LogP contribution in [-0.4, -0.2) is 76.9 Å². The molecule has 11 nitrogen and oxygen atoms in total. The number of nitrogens with zero attached hydrogens (tertiary/aromatic N) is 3. The number of carbonyl (C=O) groups excluding carboxylic acids is 2. The molecule has 0 saturated carbocycles. The highest BCUT2D eigenvalue weighted by molar-refractivity contribution is 7.89. The molecule has 2 aromatic heterocycles. The molecule has 0 bridgehead atoms. The van der Waals surface area contributed by atoms with Crippen molar-refractivity contribution in [2.24, 2.45) is 5.73 Å². The van der Waals surface area contributed by atoms with E-state index < -0.39 is 69.8 Å². The van der Waals surface area contributed by atoms with Crippen molar-refractivity contribution < 1.29 is 41.0 Å². The van der Waals surface area contributed by atoms with Crippen molar-refractivity contribution in [2.45, 2.75) is 55.0 Å². The maximum atomic E-state index is 15.1. The molecule has 5 aromatic rings. The second-order valence-corrected chi connectivity index (χ2v) is 14.9. The van der Waals surface area contributed by atoms with Gasteiger partial charge >= 0.3 is 12.3 Å². The fraction of sp³-hybridized carbons (Fsp3) is 0.286. The van der Waals surface area contributed by atoms with Gasteiger partial charge in [0.1, 0.15) is 0 Å². The Kier molecular flexibility index (Phi) is 11.3. The number of imide groups is 1. The van der Waals surface area contributed by atoms with Crippen LogP contribution in [0.25, 0.3) is 10.9 Å². The van der Waals surface area contributed by atoms with Crippen LogP contribution < -0.4 is 5.73 Å². The first kappa shape index (κ1) is 37.6. The number of aromatic amines is 1. The SMILES string of the molecule is COC(=O)N(C(=O)[C@@H](N)C(c1ccccc1)c1ccccc1)[C@H](c1ccc([C@@H](CO)N(C(C)C)S(=O)(=O)c2ccc3cn[nH]c3c2)s1)C(F)(F)F. The van der Waals surface area contributed by atoms with Crippen LogP contribution in [0.2, 0.25) is 0 Å². The van der Waals surface area contributed by atoms with Gasteiger partial charge in [-0.05, 0) is 55.3 Å². The predicted molar refractivity (Wildman–Crippen MR) is 185 cm³/mol. The Hall–Kier alpha value is -4.61. The van der Waals surface area contributed by atoms with Gasteiger partial charge in [0.2, 0.25) is 10.0 Å². The standard InChI is InChI=1S/C35H36F3N5O6S2/c1-21(2)43(51(47,48)25-15-14-24-19-40-41-26(24)18-25)27(20-44)28-16-17-29(50-28)32(35(36,37)38)42(34(46)49-3)33(45)31(39)30(22-10-6-4-7-11-22)23-12-8-5-9-13-23/h4-19,21,27,30-32,44H,20,39H2,1-3H3,(H,40,41)/t27-,31+,32-/m1/s1. The maximum absolute atomic E-state index is 15.1. The largest absolute Gasteiger partial charge is 0.452 e. The van der Waals surface area contributed by atoms with E-state index in [1.165, 1.54) is 24.4 Å². The molecule has 0 radical (unpaired) electrons. The number of rotatable bonds is 12. The van der Waals surface area contributed by atoms with Gasteiger partial charge in [-0.1, -0.05) is 60.7 Å². The number of alkyl halides is 3. The van der Waals surface area contributed by atoms with Crippen molar-refractivity contribution in [1.82, 2.24) is 19.4 Å². The molecular weight excluding hydrogens is 708 g/mol. The molecule has 5 rings (SSSR count). The number of hydrogen-bond donors (Lipinski definition) is 3. The van der Waals surface area contributed by atoms with E-state index in [1.54, 1.807) is 80.6 Å². The van der Waals surface area contributed by atoms with Crippen molar-refractivity contribution in [3.8, 4) is 0 Å². The molecule has 0 aliphatic heterocycles. The molecule has 0 saturated heterocycles. The summed E-state index contributed by atoms with van der Waals surface area (Å²) in [5.41, 5.74) is 7.99. The minimum atomic E-state index is -5.22. The van der Waals surface area contributed by atoms with Gasteiger partial charge in [0.25, 0.3) is 5.91 Å². The Labute approximate surface area is 296 Å². The second-order valence-electron chi connectivity index (χ2n) is 11.9. The summed E-state index contributed by atoms with van der Waals surface area (Å²) in [6.07, 6.45) is -5.30. The lowest BCUT2D eigenvalue weighted by Gasteiger charge is -2.34. The number of methoxy groups -OCH3 is 1. The van der Waals surface area contributed by atoms with E-state index in [0.717, 1.165) is 17.5 Å². The number of aliphatic hydroxyl groups is 1. The summed E-state index contributed by atoms with van der Waals surface area (Å²) in [4.78, 5) is 26.6. The molecule has 51 heavy (non-hydrogen) atoms. The number of H-pyrrole nitrogens is 1. The Morgan fingerprint density at radius 1 is 0.961 bits per heavy atom. The van der Waals surface area contributed by atoms with Crippen molar-refractivity contribution in [1.29, 1.82) is 0 Å². The van der Waals surface area contributed by atoms with E-state index in [2.05, 4.69) is 10.2 Å². The molecule has 0 aliphatic rings. The number of aliphatic hydroxyl groups excluding tert-OH is 1. The van der Waals surface area contributed by atoms with Crippen LogP contribution in [0.5, 0.6) is 0 Å². The molecular formula is C35H36F3N5O6S2. The van der Waals surface area contributed by atoms with E-state index in [9.17, 15) is 23.1 Å². The summed E-state index contributed by atoms with van der Waals surface area (Å²) in [6, 6.07) is 16.9. The lowest BCUT2D eigenvalue weighted by Crippen LogP contribution is -2.53. The van der Waals surface area contributed by atoms with Gasteiger partial charge in [-0.25, -0.2) is 18.1 Å². The van der Waals surface area contributed by atoms with Crippen LogP contribution in [0.4, 0.5) is 18.0 Å². The van der Waals surface area contributed by atoms with Crippen molar-refractivity contribution >= 4 is 44.3 Å². The predicted octanol–water partition coefficient (Wildman–Crippen LogP) is 6.11. The number of carbonyl (C=O) groups is 2. The van der Waals surface area contributed by atoms with Crippen LogP contribution in [0.15, 0.2) is 102 Å². The molecule has 16 heteroatoms. The molecule has 2 heterocycles. The molecule has 0 aliphatic carbocycles. The third-order valence-corrected chi connectivity index (χ3v) is 11.7. The Morgan fingerprint density at radius 3 is 2.08 bits per heavy atom. The lowest BCUT2D eigenvalue weighted by molar-refractivity contribution is -0.186. The van der Waals surface area contributed by atoms with Gasteiger partial charge in [-0.2, -0.15) is 22.6 Å². The topological polar surface area (TPSA) is 159 Å². The number of amides is 2. The van der Waals surface area contributed by atoms with Gasteiger partial charge in [0, 0.05) is 27.1 Å². The monoisotopic (exact) mass is 743 g/mol. The summed E-state index contributed by atoms with van der Waals surface area (Å²) in [5, 5.41) is 17.8. The number of hydrogen-bond acceptors (Lipinski definition) is 9. The smallest absolute Gasteiger partial charge is 0.417 e. The van der Waals surface area contributed by atoms with Crippen molar-refractivity contribution in [3.05, 3.63) is 118 Å². The van der Waals surface area contributed by atoms with Gasteiger partial charge in [0.15, 0.2) is 6.04 Å². The third kappa shape index (κ3) is 7.69. The Balaban J connectivity index is 1.56. The van der Waals surface area contributed by atoms with Crippen LogP contribution in [0.1, 0.15) is 52.7 Å². The summed E-state index contributed by atoms with van der Waals surface area (Å²) >= 11 is 0.503. The maximum Gasteiger partial charge on any atom is 0.417 e. The number of benzene rings is 3. The number of sulfonamides is 1. The second kappa shape index (κ2) is 15.3. The van der Waals surface area contributed by atoms with Crippen molar-refractivity contribution in [3.63, 3.8) is 0 Å². The van der Waals surface area contributed by atoms with Crippen molar-refractivity contribution in [2.75, 3.05) is 13.7 Å². The highest BCUT2D eigenvalue weighted by atomic mass is 32.2. The highest BCUT2D eigenvalue weighted by Crippen LogP contribution is 2.44. The average Bonchev–Trinajstić information content (AvgIpc) is 3.78. The molecule has 0 fully saturated rings. The minimum absolute atomic E-state index is 0.0367. The van der Waals surface area contributed by atoms with Crippen LogP contribution in [0, 0.1) is 0 Å². The zero-order valence-electron chi connectivity index (χ0n) is 27.7. The number of halogens is 3. The first-order chi connectivity index (χ1) is 24.2. The molecule has 4 N–H and O–H groups in total. The first-order valence-electron chi connectivity index (χ1n) is 15.7. The van der Waals surface area contributed by atoms with E-state index in [4.69, 9.17) is 10.5 Å². The molecule has 3 atom stereocenters. The molecule has 0 spiro atoms. The lowest BCUT2D eigenvalue weighted by atomic mass is 9.84. The van der Waals surface area contributed by atoms with Gasteiger partial charge < -0.3 is 15.6 Å². The quantitative estimate of drug-likeness (QED) is 0.138. The molecule has 2 amide bonds. The third-order valence-electron chi connectivity index (χ3n) is 8.36. The highest BCUT2D eigenvalue weighted by Gasteiger charge is 2.52. The Bertz CT molecular complexity index is 2030. The van der Waals surface area contributed by atoms with E-state index >= 15 is 13.2 Å². The number of fused-ring (bicyclic) bond motifs is 1. The van der Waals surface area contributed by atoms with Gasteiger partial charge in [-0.3, -0.25) is 9.89 Å². The zero-order valence-corrected chi connectivity index (χ0v) is 29.3. The number of aromatic nitrogens is 2. The summed E-state index contributed by atoms with van der Waals surface area (Å²) < 4.78 is 79.0. The van der Waals surface area contributed by atoms with Gasteiger partial charge in [-0.15, -0.1) is 11.3 Å². The minimum Gasteiger partial charge on any atom is -0.452 e. The average molecular weight is 744 g/mol. The van der Waals surface area contributed by atoms with E-state index in [1.807, 2.05) is 0 Å². The number of nitrogens with two attached hydrogens (primary N) is 1. The number of ether oxygens (including phenoxy) is 1. The fourth-order valence-corrected chi connectivity index (χ4v) is 9.19. The van der Waals surface area contributed by atoms with Crippen LogP contribution in [-0.2, 0) is 19.6 Å².